The number of carbonyl (C=O) groups is 1. The second-order valence-corrected chi connectivity index (χ2v) is 6.02. The van der Waals surface area contributed by atoms with Crippen molar-refractivity contribution in [2.24, 2.45) is 0 Å². The van der Waals surface area contributed by atoms with Gasteiger partial charge in [-0.3, -0.25) is 14.2 Å². The van der Waals surface area contributed by atoms with E-state index in [1.165, 1.54) is 11.3 Å². The number of fused-ring (bicyclic) bond motifs is 1. The molecule has 0 spiro atoms. The van der Waals surface area contributed by atoms with E-state index in [2.05, 4.69) is 0 Å². The Kier molecular flexibility index (Phi) is 4.06. The van der Waals surface area contributed by atoms with Crippen LogP contribution in [0.1, 0.15) is 12.0 Å². The van der Waals surface area contributed by atoms with E-state index < -0.39 is 0 Å². The van der Waals surface area contributed by atoms with Crippen LogP contribution in [0.3, 0.4) is 0 Å². The first kappa shape index (κ1) is 14.5. The van der Waals surface area contributed by atoms with E-state index in [-0.39, 0.29) is 17.3 Å². The minimum absolute atomic E-state index is 0.0515. The largest absolute Gasteiger partial charge is 0.426 e. The number of hydrogen-bond donors (Lipinski definition) is 0. The van der Waals surface area contributed by atoms with Crippen LogP contribution in [0.15, 0.2) is 53.3 Å². The molecule has 5 heteroatoms. The summed E-state index contributed by atoms with van der Waals surface area (Å²) in [5.74, 6) is 0.184. The summed E-state index contributed by atoms with van der Waals surface area (Å²) in [6.45, 7) is 2.30. The Morgan fingerprint density at radius 3 is 2.64 bits per heavy atom. The first-order valence-electron chi connectivity index (χ1n) is 6.99. The SMILES string of the molecule is Cc1ccc(OC(=O)CCn2c(=O)sc3ccccc32)cc1. The quantitative estimate of drug-likeness (QED) is 0.548. The number of hydrogen-bond acceptors (Lipinski definition) is 4. The van der Waals surface area contributed by atoms with Crippen LogP contribution in [0.25, 0.3) is 10.2 Å². The Bertz CT molecular complexity index is 861. The molecular formula is C17H15NO3S. The molecule has 3 aromatic rings. The smallest absolute Gasteiger partial charge is 0.312 e. The summed E-state index contributed by atoms with van der Waals surface area (Å²) in [7, 11) is 0. The van der Waals surface area contributed by atoms with Crippen molar-refractivity contribution in [3.63, 3.8) is 0 Å². The summed E-state index contributed by atoms with van der Waals surface area (Å²) in [6.07, 6.45) is 0.161. The van der Waals surface area contributed by atoms with Gasteiger partial charge in [-0.2, -0.15) is 0 Å². The highest BCUT2D eigenvalue weighted by atomic mass is 32.1. The average molecular weight is 313 g/mol. The standard InChI is InChI=1S/C17H15NO3S/c1-12-6-8-13(9-7-12)21-16(19)10-11-18-14-4-2-3-5-15(14)22-17(18)20/h2-9H,10-11H2,1H3. The number of esters is 1. The van der Waals surface area contributed by atoms with E-state index in [9.17, 15) is 9.59 Å². The van der Waals surface area contributed by atoms with Crippen molar-refractivity contribution in [2.45, 2.75) is 19.9 Å². The molecule has 1 heterocycles. The summed E-state index contributed by atoms with van der Waals surface area (Å²) in [5.41, 5.74) is 1.97. The highest BCUT2D eigenvalue weighted by Crippen LogP contribution is 2.17. The van der Waals surface area contributed by atoms with Gasteiger partial charge >= 0.3 is 10.8 Å². The molecular weight excluding hydrogens is 298 g/mol. The van der Waals surface area contributed by atoms with E-state index >= 15 is 0 Å². The van der Waals surface area contributed by atoms with Crippen molar-refractivity contribution < 1.29 is 9.53 Å². The second-order valence-electron chi connectivity index (χ2n) is 5.02. The minimum atomic E-state index is -0.342. The van der Waals surface area contributed by atoms with Gasteiger partial charge in [0.25, 0.3) is 0 Å². The lowest BCUT2D eigenvalue weighted by molar-refractivity contribution is -0.134. The molecule has 3 rings (SSSR count). The lowest BCUT2D eigenvalue weighted by atomic mass is 10.2. The minimum Gasteiger partial charge on any atom is -0.426 e. The number of aromatic nitrogens is 1. The van der Waals surface area contributed by atoms with Crippen LogP contribution in [0, 0.1) is 6.92 Å². The maximum Gasteiger partial charge on any atom is 0.312 e. The van der Waals surface area contributed by atoms with Crippen LogP contribution in [0.5, 0.6) is 5.75 Å². The summed E-state index contributed by atoms with van der Waals surface area (Å²) >= 11 is 1.19. The third-order valence-electron chi connectivity index (χ3n) is 3.37. The van der Waals surface area contributed by atoms with Crippen molar-refractivity contribution in [3.05, 3.63) is 63.8 Å². The molecule has 4 nitrogen and oxygen atoms in total. The summed E-state index contributed by atoms with van der Waals surface area (Å²) < 4.78 is 7.82. The monoisotopic (exact) mass is 313 g/mol. The zero-order chi connectivity index (χ0) is 15.5. The van der Waals surface area contributed by atoms with Gasteiger partial charge in [-0.15, -0.1) is 0 Å². The van der Waals surface area contributed by atoms with Crippen LogP contribution < -0.4 is 9.61 Å². The molecule has 112 valence electrons. The van der Waals surface area contributed by atoms with E-state index in [1.54, 1.807) is 16.7 Å². The van der Waals surface area contributed by atoms with Gasteiger partial charge in [0, 0.05) is 6.54 Å². The third kappa shape index (κ3) is 3.09. The highest BCUT2D eigenvalue weighted by molar-refractivity contribution is 7.16. The number of benzene rings is 2. The van der Waals surface area contributed by atoms with E-state index in [0.717, 1.165) is 15.8 Å². The van der Waals surface area contributed by atoms with Crippen molar-refractivity contribution in [2.75, 3.05) is 0 Å². The zero-order valence-electron chi connectivity index (χ0n) is 12.1. The zero-order valence-corrected chi connectivity index (χ0v) is 12.9. The number of rotatable bonds is 4. The van der Waals surface area contributed by atoms with Crippen molar-refractivity contribution in [1.29, 1.82) is 0 Å². The van der Waals surface area contributed by atoms with Gasteiger partial charge in [0.1, 0.15) is 5.75 Å². The number of ether oxygens (including phenoxy) is 1. The van der Waals surface area contributed by atoms with Gasteiger partial charge in [0.05, 0.1) is 16.6 Å². The fourth-order valence-corrected chi connectivity index (χ4v) is 3.13. The van der Waals surface area contributed by atoms with Gasteiger partial charge in [-0.05, 0) is 31.2 Å². The molecule has 0 saturated carbocycles. The number of aryl methyl sites for hydroxylation is 2. The van der Waals surface area contributed by atoms with Crippen LogP contribution in [0.4, 0.5) is 0 Å². The number of carbonyl (C=O) groups excluding carboxylic acids is 1. The molecule has 0 radical (unpaired) electrons. The molecule has 0 aliphatic heterocycles. The van der Waals surface area contributed by atoms with Crippen LogP contribution in [-0.4, -0.2) is 10.5 Å². The number of nitrogens with zero attached hydrogens (tertiary/aromatic N) is 1. The Morgan fingerprint density at radius 1 is 1.14 bits per heavy atom. The molecule has 0 amide bonds. The predicted octanol–water partition coefficient (Wildman–Crippen LogP) is 3.37. The van der Waals surface area contributed by atoms with E-state index in [1.807, 2.05) is 43.3 Å². The highest BCUT2D eigenvalue weighted by Gasteiger charge is 2.10. The van der Waals surface area contributed by atoms with Gasteiger partial charge in [0.2, 0.25) is 0 Å². The van der Waals surface area contributed by atoms with Gasteiger partial charge in [-0.1, -0.05) is 41.2 Å². The molecule has 22 heavy (non-hydrogen) atoms. The second kappa shape index (κ2) is 6.15. The first-order valence-corrected chi connectivity index (χ1v) is 7.81. The van der Waals surface area contributed by atoms with Crippen molar-refractivity contribution >= 4 is 27.5 Å². The molecule has 0 aliphatic rings. The summed E-state index contributed by atoms with van der Waals surface area (Å²) in [5, 5.41) is 0. The molecule has 0 unspecified atom stereocenters. The van der Waals surface area contributed by atoms with Crippen molar-refractivity contribution in [1.82, 2.24) is 4.57 Å². The topological polar surface area (TPSA) is 48.3 Å². The maximum absolute atomic E-state index is 12.0. The molecule has 0 N–H and O–H groups in total. The third-order valence-corrected chi connectivity index (χ3v) is 4.33. The molecule has 1 aromatic heterocycles. The van der Waals surface area contributed by atoms with E-state index in [4.69, 9.17) is 4.74 Å². The van der Waals surface area contributed by atoms with Crippen LogP contribution >= 0.6 is 11.3 Å². The Labute approximate surface area is 131 Å². The molecule has 0 bridgehead atoms. The van der Waals surface area contributed by atoms with E-state index in [0.29, 0.717) is 12.3 Å². The lowest BCUT2D eigenvalue weighted by Gasteiger charge is -2.06. The number of para-hydroxylation sites is 1. The van der Waals surface area contributed by atoms with Gasteiger partial charge < -0.3 is 4.74 Å². The van der Waals surface area contributed by atoms with Gasteiger partial charge in [0.15, 0.2) is 0 Å². The first-order chi connectivity index (χ1) is 10.6. The van der Waals surface area contributed by atoms with Crippen LogP contribution in [-0.2, 0) is 11.3 Å². The average Bonchev–Trinajstić information content (AvgIpc) is 2.83. The molecule has 0 saturated heterocycles. The fourth-order valence-electron chi connectivity index (χ4n) is 2.22. The Hall–Kier alpha value is -2.40. The molecule has 0 atom stereocenters. The maximum atomic E-state index is 12.0. The van der Waals surface area contributed by atoms with Crippen molar-refractivity contribution in [3.8, 4) is 5.75 Å². The number of thiazole rings is 1. The Morgan fingerprint density at radius 2 is 1.86 bits per heavy atom. The van der Waals surface area contributed by atoms with Gasteiger partial charge in [-0.25, -0.2) is 0 Å². The molecule has 0 aliphatic carbocycles. The normalized spacial score (nSPS) is 10.8. The predicted molar refractivity (Wildman–Crippen MR) is 87.5 cm³/mol. The Balaban J connectivity index is 1.68. The van der Waals surface area contributed by atoms with Crippen LogP contribution in [0.2, 0.25) is 0 Å². The molecule has 0 fully saturated rings. The lowest BCUT2D eigenvalue weighted by Crippen LogP contribution is -2.17. The summed E-state index contributed by atoms with van der Waals surface area (Å²) in [6, 6.07) is 14.9. The fraction of sp³-hybridized carbons (Fsp3) is 0.176. The summed E-state index contributed by atoms with van der Waals surface area (Å²) in [4.78, 5) is 23.8. The molecule has 2 aromatic carbocycles.